The number of nitrogens with one attached hydrogen (secondary N) is 1. The first-order valence-electron chi connectivity index (χ1n) is 5.80. The van der Waals surface area contributed by atoms with Crippen molar-refractivity contribution in [1.82, 2.24) is 5.32 Å². The molecule has 1 aromatic carbocycles. The van der Waals surface area contributed by atoms with Gasteiger partial charge in [0.05, 0.1) is 4.47 Å². The number of hydrogen-bond donors (Lipinski definition) is 2. The number of aryl methyl sites for hydroxylation is 1. The van der Waals surface area contributed by atoms with E-state index >= 15 is 0 Å². The molecule has 0 aromatic heterocycles. The van der Waals surface area contributed by atoms with Crippen molar-refractivity contribution < 1.29 is 5.11 Å². The van der Waals surface area contributed by atoms with Crippen molar-refractivity contribution in [3.63, 3.8) is 0 Å². The maximum atomic E-state index is 9.70. The Morgan fingerprint density at radius 1 is 1.50 bits per heavy atom. The van der Waals surface area contributed by atoms with Crippen molar-refractivity contribution in [3.8, 4) is 5.75 Å². The standard InChI is InChI=1S/C13H18BrNO/c1-8-6-12(16)13(14)9(2)11(8)7-10-4-3-5-15-10/h6,10,15-16H,3-5,7H2,1-2H3. The van der Waals surface area contributed by atoms with E-state index in [1.54, 1.807) is 0 Å². The van der Waals surface area contributed by atoms with Crippen LogP contribution in [0.2, 0.25) is 0 Å². The van der Waals surface area contributed by atoms with E-state index in [2.05, 4.69) is 35.1 Å². The molecule has 0 aliphatic carbocycles. The van der Waals surface area contributed by atoms with Crippen molar-refractivity contribution in [2.45, 2.75) is 39.2 Å². The molecular weight excluding hydrogens is 266 g/mol. The molecule has 1 heterocycles. The summed E-state index contributed by atoms with van der Waals surface area (Å²) in [7, 11) is 0. The molecule has 1 aromatic rings. The van der Waals surface area contributed by atoms with Crippen LogP contribution in [0.1, 0.15) is 29.5 Å². The summed E-state index contributed by atoms with van der Waals surface area (Å²) in [6.45, 7) is 5.28. The van der Waals surface area contributed by atoms with Crippen molar-refractivity contribution in [2.24, 2.45) is 0 Å². The van der Waals surface area contributed by atoms with E-state index < -0.39 is 0 Å². The number of phenolic OH excluding ortho intramolecular Hbond substituents is 1. The fraction of sp³-hybridized carbons (Fsp3) is 0.538. The second-order valence-electron chi connectivity index (χ2n) is 4.63. The molecular formula is C13H18BrNO. The fourth-order valence-electron chi connectivity index (χ4n) is 2.47. The molecule has 0 spiro atoms. The van der Waals surface area contributed by atoms with Gasteiger partial charge in [-0.2, -0.15) is 0 Å². The fourth-order valence-corrected chi connectivity index (χ4v) is 2.82. The van der Waals surface area contributed by atoms with E-state index in [1.165, 1.54) is 29.5 Å². The van der Waals surface area contributed by atoms with Crippen LogP contribution in [-0.4, -0.2) is 17.7 Å². The van der Waals surface area contributed by atoms with Crippen LogP contribution in [0.25, 0.3) is 0 Å². The lowest BCUT2D eigenvalue weighted by molar-refractivity contribution is 0.470. The molecule has 2 N–H and O–H groups in total. The quantitative estimate of drug-likeness (QED) is 0.874. The number of halogens is 1. The maximum Gasteiger partial charge on any atom is 0.130 e. The van der Waals surface area contributed by atoms with Crippen LogP contribution in [0.5, 0.6) is 5.75 Å². The largest absolute Gasteiger partial charge is 0.507 e. The summed E-state index contributed by atoms with van der Waals surface area (Å²) >= 11 is 3.44. The highest BCUT2D eigenvalue weighted by atomic mass is 79.9. The molecule has 2 rings (SSSR count). The zero-order valence-corrected chi connectivity index (χ0v) is 11.4. The maximum absolute atomic E-state index is 9.70. The molecule has 1 aliphatic rings. The van der Waals surface area contributed by atoms with Crippen LogP contribution in [0.4, 0.5) is 0 Å². The predicted molar refractivity (Wildman–Crippen MR) is 70.0 cm³/mol. The van der Waals surface area contributed by atoms with E-state index in [0.717, 1.165) is 17.4 Å². The van der Waals surface area contributed by atoms with Gasteiger partial charge in [0.2, 0.25) is 0 Å². The Kier molecular flexibility index (Phi) is 3.55. The summed E-state index contributed by atoms with van der Waals surface area (Å²) in [4.78, 5) is 0. The van der Waals surface area contributed by atoms with Gasteiger partial charge in [-0.05, 0) is 78.3 Å². The van der Waals surface area contributed by atoms with Crippen LogP contribution in [0.3, 0.4) is 0 Å². The molecule has 1 aliphatic heterocycles. The van der Waals surface area contributed by atoms with Gasteiger partial charge in [-0.1, -0.05) is 0 Å². The van der Waals surface area contributed by atoms with Gasteiger partial charge in [0, 0.05) is 6.04 Å². The van der Waals surface area contributed by atoms with Crippen LogP contribution < -0.4 is 5.32 Å². The number of phenols is 1. The summed E-state index contributed by atoms with van der Waals surface area (Å²) in [6.07, 6.45) is 3.61. The zero-order valence-electron chi connectivity index (χ0n) is 9.81. The molecule has 16 heavy (non-hydrogen) atoms. The molecule has 88 valence electrons. The highest BCUT2D eigenvalue weighted by Crippen LogP contribution is 2.33. The van der Waals surface area contributed by atoms with Crippen molar-refractivity contribution in [2.75, 3.05) is 6.54 Å². The molecule has 1 saturated heterocycles. The molecule has 0 saturated carbocycles. The number of aromatic hydroxyl groups is 1. The lowest BCUT2D eigenvalue weighted by Gasteiger charge is -2.17. The Labute approximate surface area is 105 Å². The van der Waals surface area contributed by atoms with Gasteiger partial charge in [-0.3, -0.25) is 0 Å². The van der Waals surface area contributed by atoms with Crippen LogP contribution in [0.15, 0.2) is 10.5 Å². The molecule has 0 bridgehead atoms. The summed E-state index contributed by atoms with van der Waals surface area (Å²) in [5, 5.41) is 13.2. The Morgan fingerprint density at radius 3 is 2.88 bits per heavy atom. The first-order chi connectivity index (χ1) is 7.59. The summed E-state index contributed by atoms with van der Waals surface area (Å²) in [5.74, 6) is 0.345. The summed E-state index contributed by atoms with van der Waals surface area (Å²) in [5.41, 5.74) is 3.72. The Bertz CT molecular complexity index is 397. The number of rotatable bonds is 2. The third-order valence-corrected chi connectivity index (χ3v) is 4.45. The summed E-state index contributed by atoms with van der Waals surface area (Å²) < 4.78 is 0.839. The minimum atomic E-state index is 0.345. The molecule has 3 heteroatoms. The van der Waals surface area contributed by atoms with Gasteiger partial charge in [-0.15, -0.1) is 0 Å². The average Bonchev–Trinajstić information content (AvgIpc) is 2.74. The van der Waals surface area contributed by atoms with Crippen LogP contribution >= 0.6 is 15.9 Å². The monoisotopic (exact) mass is 283 g/mol. The van der Waals surface area contributed by atoms with Gasteiger partial charge in [0.25, 0.3) is 0 Å². The first-order valence-corrected chi connectivity index (χ1v) is 6.60. The van der Waals surface area contributed by atoms with Gasteiger partial charge in [0.1, 0.15) is 5.75 Å². The Morgan fingerprint density at radius 2 is 2.25 bits per heavy atom. The number of hydrogen-bond acceptors (Lipinski definition) is 2. The Balaban J connectivity index is 2.28. The highest BCUT2D eigenvalue weighted by Gasteiger charge is 2.18. The lowest BCUT2D eigenvalue weighted by Crippen LogP contribution is -2.24. The van der Waals surface area contributed by atoms with E-state index in [4.69, 9.17) is 0 Å². The van der Waals surface area contributed by atoms with E-state index in [9.17, 15) is 5.11 Å². The normalized spacial score (nSPS) is 20.3. The van der Waals surface area contributed by atoms with Crippen LogP contribution in [-0.2, 0) is 6.42 Å². The van der Waals surface area contributed by atoms with E-state index in [1.807, 2.05) is 6.07 Å². The predicted octanol–water partition coefficient (Wildman–Crippen LogP) is 3.07. The van der Waals surface area contributed by atoms with Gasteiger partial charge < -0.3 is 10.4 Å². The summed E-state index contributed by atoms with van der Waals surface area (Å²) in [6, 6.07) is 2.45. The lowest BCUT2D eigenvalue weighted by atomic mass is 9.95. The van der Waals surface area contributed by atoms with Crippen LogP contribution in [0, 0.1) is 13.8 Å². The molecule has 2 nitrogen and oxygen atoms in total. The second kappa shape index (κ2) is 4.76. The molecule has 0 amide bonds. The molecule has 1 unspecified atom stereocenters. The Hall–Kier alpha value is -0.540. The van der Waals surface area contributed by atoms with Crippen molar-refractivity contribution in [3.05, 3.63) is 27.2 Å². The minimum absolute atomic E-state index is 0.345. The van der Waals surface area contributed by atoms with Gasteiger partial charge in [-0.25, -0.2) is 0 Å². The smallest absolute Gasteiger partial charge is 0.130 e. The minimum Gasteiger partial charge on any atom is -0.507 e. The SMILES string of the molecule is Cc1cc(O)c(Br)c(C)c1CC1CCCN1. The molecule has 1 atom stereocenters. The van der Waals surface area contributed by atoms with E-state index in [0.29, 0.717) is 11.8 Å². The first kappa shape index (κ1) is 11.9. The van der Waals surface area contributed by atoms with Gasteiger partial charge in [0.15, 0.2) is 0 Å². The van der Waals surface area contributed by atoms with Crippen molar-refractivity contribution in [1.29, 1.82) is 0 Å². The topological polar surface area (TPSA) is 32.3 Å². The molecule has 1 fully saturated rings. The highest BCUT2D eigenvalue weighted by molar-refractivity contribution is 9.10. The zero-order chi connectivity index (χ0) is 11.7. The third-order valence-electron chi connectivity index (χ3n) is 3.45. The van der Waals surface area contributed by atoms with E-state index in [-0.39, 0.29) is 0 Å². The third kappa shape index (κ3) is 2.25. The average molecular weight is 284 g/mol. The molecule has 0 radical (unpaired) electrons. The number of benzene rings is 1. The van der Waals surface area contributed by atoms with Crippen molar-refractivity contribution >= 4 is 15.9 Å². The second-order valence-corrected chi connectivity index (χ2v) is 5.42. The van der Waals surface area contributed by atoms with Gasteiger partial charge >= 0.3 is 0 Å².